The molecule has 0 amide bonds. The largest absolute Gasteiger partial charge is 0.498 e. The van der Waals surface area contributed by atoms with E-state index in [1.54, 1.807) is 36.4 Å². The van der Waals surface area contributed by atoms with Gasteiger partial charge in [-0.15, -0.1) is 0 Å². The summed E-state index contributed by atoms with van der Waals surface area (Å²) in [6, 6.07) is 23.9. The fourth-order valence-corrected chi connectivity index (χ4v) is 5.17. The van der Waals surface area contributed by atoms with Crippen LogP contribution < -0.4 is 18.9 Å². The van der Waals surface area contributed by atoms with E-state index < -0.39 is 0 Å². The first-order valence-corrected chi connectivity index (χ1v) is 13.7. The van der Waals surface area contributed by atoms with Crippen LogP contribution in [-0.4, -0.2) is 14.2 Å². The number of hydrogen-bond donors (Lipinski definition) is 0. The predicted octanol–water partition coefficient (Wildman–Crippen LogP) is 9.21. The number of rotatable bonds is 8. The van der Waals surface area contributed by atoms with Gasteiger partial charge < -0.3 is 29.4 Å². The van der Waals surface area contributed by atoms with Crippen LogP contribution in [0.5, 0.6) is 34.5 Å². The highest BCUT2D eigenvalue weighted by molar-refractivity contribution is 5.59. The summed E-state index contributed by atoms with van der Waals surface area (Å²) < 4.78 is 23.3. The molecular weight excluding hydrogens is 544 g/mol. The molecule has 4 rings (SSSR count). The molecule has 0 aromatic heterocycles. The topological polar surface area (TPSA) is 91.8 Å². The molecule has 0 saturated carbocycles. The fraction of sp³-hybridized carbons (Fsp3) is 0.257. The van der Waals surface area contributed by atoms with Crippen LogP contribution in [0, 0.1) is 50.2 Å². The van der Waals surface area contributed by atoms with Crippen molar-refractivity contribution in [3.8, 4) is 46.6 Å². The van der Waals surface area contributed by atoms with E-state index >= 15 is 0 Å². The minimum absolute atomic E-state index is 0.357. The van der Waals surface area contributed by atoms with E-state index in [1.165, 1.54) is 14.2 Å². The normalized spacial score (nSPS) is 10.6. The molecule has 0 aliphatic carbocycles. The second-order valence-electron chi connectivity index (χ2n) is 10.8. The Morgan fingerprint density at radius 2 is 0.907 bits per heavy atom. The molecule has 43 heavy (non-hydrogen) atoms. The van der Waals surface area contributed by atoms with E-state index in [0.29, 0.717) is 45.6 Å². The van der Waals surface area contributed by atoms with Crippen molar-refractivity contribution < 1.29 is 18.9 Å². The van der Waals surface area contributed by atoms with Crippen LogP contribution in [0.4, 0.5) is 0 Å². The number of nitrogens with zero attached hydrogens (tertiary/aromatic N) is 2. The average Bonchev–Trinajstić information content (AvgIpc) is 2.98. The number of methoxy groups -OCH3 is 2. The molecule has 0 saturated heterocycles. The lowest BCUT2D eigenvalue weighted by molar-refractivity contribution is 0.406. The smallest absolute Gasteiger partial charge is 0.344 e. The Hall–Kier alpha value is -5.34. The van der Waals surface area contributed by atoms with Gasteiger partial charge in [-0.2, -0.15) is 0 Å². The maximum atomic E-state index is 11.0. The van der Waals surface area contributed by atoms with Gasteiger partial charge in [0, 0.05) is 15.4 Å². The minimum Gasteiger partial charge on any atom is -0.498 e. The molecule has 0 heterocycles. The van der Waals surface area contributed by atoms with Crippen LogP contribution in [0.1, 0.15) is 58.4 Å². The summed E-state index contributed by atoms with van der Waals surface area (Å²) in [5.74, 6) is 3.12. The van der Waals surface area contributed by atoms with Crippen molar-refractivity contribution in [2.75, 3.05) is 14.2 Å². The second kappa shape index (κ2) is 12.7. The van der Waals surface area contributed by atoms with Crippen LogP contribution in [0.3, 0.4) is 0 Å². The molecule has 0 N–H and O–H groups in total. The van der Waals surface area contributed by atoms with Crippen LogP contribution in [-0.2, 0) is 5.41 Å². The predicted molar refractivity (Wildman–Crippen MR) is 170 cm³/mol. The summed E-state index contributed by atoms with van der Waals surface area (Å²) in [5, 5.41) is 27.6. The van der Waals surface area contributed by atoms with Crippen LogP contribution >= 0.6 is 0 Å². The van der Waals surface area contributed by atoms with Crippen molar-refractivity contribution in [2.24, 2.45) is 0 Å². The van der Waals surface area contributed by atoms with Crippen LogP contribution in [0.25, 0.3) is 10.0 Å². The highest BCUT2D eigenvalue weighted by Gasteiger charge is 2.27. The molecule has 0 radical (unpaired) electrons. The summed E-state index contributed by atoms with van der Waals surface area (Å²) in [5.41, 5.74) is 6.31. The Morgan fingerprint density at radius 1 is 0.581 bits per heavy atom. The number of benzene rings is 4. The first kappa shape index (κ1) is 30.6. The van der Waals surface area contributed by atoms with Gasteiger partial charge in [-0.1, -0.05) is 50.2 Å². The maximum absolute atomic E-state index is 11.0. The lowest BCUT2D eigenvalue weighted by Gasteiger charge is -2.29. The molecule has 220 valence electrons. The Labute approximate surface area is 252 Å². The van der Waals surface area contributed by atoms with Gasteiger partial charge in [-0.05, 0) is 85.3 Å². The van der Waals surface area contributed by atoms with Gasteiger partial charge in [0.15, 0.2) is 22.6 Å². The van der Waals surface area contributed by atoms with Crippen LogP contribution in [0.2, 0.25) is 0 Å². The monoisotopic (exact) mass is 578 g/mol. The zero-order chi connectivity index (χ0) is 31.3. The highest BCUT2D eigenvalue weighted by atomic mass is 16.5. The van der Waals surface area contributed by atoms with Crippen molar-refractivity contribution >= 4 is 0 Å². The molecule has 0 aliphatic rings. The van der Waals surface area contributed by atoms with Gasteiger partial charge in [-0.3, -0.25) is 0 Å². The molecule has 0 unspecified atom stereocenters. The van der Waals surface area contributed by atoms with E-state index in [9.17, 15) is 10.4 Å². The molecule has 4 aromatic carbocycles. The van der Waals surface area contributed by atoms with Gasteiger partial charge in [0.2, 0.25) is 0 Å². The Bertz CT molecular complexity index is 1630. The van der Waals surface area contributed by atoms with Crippen LogP contribution in [0.15, 0.2) is 60.7 Å². The Morgan fingerprint density at radius 3 is 1.21 bits per heavy atom. The quantitative estimate of drug-likeness (QED) is 0.194. The Kier molecular flexibility index (Phi) is 9.02. The third-order valence-corrected chi connectivity index (χ3v) is 7.52. The number of aryl methyl sites for hydroxylation is 4. The molecule has 0 aliphatic heterocycles. The lowest BCUT2D eigenvalue weighted by Crippen LogP contribution is -2.20. The van der Waals surface area contributed by atoms with Gasteiger partial charge in [-0.25, -0.2) is 0 Å². The van der Waals surface area contributed by atoms with Gasteiger partial charge >= 0.3 is 12.1 Å². The fourth-order valence-electron chi connectivity index (χ4n) is 5.17. The maximum Gasteiger partial charge on any atom is 0.344 e. The van der Waals surface area contributed by atoms with E-state index in [2.05, 4.69) is 60.3 Å². The van der Waals surface area contributed by atoms with Crippen molar-refractivity contribution in [3.05, 3.63) is 126 Å². The molecule has 0 fully saturated rings. The second-order valence-corrected chi connectivity index (χ2v) is 10.8. The molecular formula is C35H34N2O6. The molecule has 0 spiro atoms. The third-order valence-electron chi connectivity index (χ3n) is 7.52. The van der Waals surface area contributed by atoms with Gasteiger partial charge in [0.05, 0.1) is 14.2 Å². The molecule has 0 atom stereocenters. The van der Waals surface area contributed by atoms with Crippen molar-refractivity contribution in [1.29, 1.82) is 0 Å². The van der Waals surface area contributed by atoms with Gasteiger partial charge in [0.25, 0.3) is 0 Å². The van der Waals surface area contributed by atoms with Crippen molar-refractivity contribution in [3.63, 3.8) is 0 Å². The zero-order valence-electron chi connectivity index (χ0n) is 25.6. The summed E-state index contributed by atoms with van der Waals surface area (Å²) in [6.45, 7) is 12.3. The third kappa shape index (κ3) is 6.14. The summed E-state index contributed by atoms with van der Waals surface area (Å²) in [7, 11) is 3.03. The highest BCUT2D eigenvalue weighted by Crippen LogP contribution is 2.42. The molecule has 8 heteroatoms. The van der Waals surface area contributed by atoms with Crippen molar-refractivity contribution in [2.45, 2.75) is 47.0 Å². The summed E-state index contributed by atoms with van der Waals surface area (Å²) >= 11 is 0. The summed E-state index contributed by atoms with van der Waals surface area (Å²) in [6.07, 6.45) is 0. The first-order chi connectivity index (χ1) is 20.5. The molecule has 0 bridgehead atoms. The standard InChI is InChI=1S/C35H34N2O6/c1-21-15-25(16-22(2)33(21)42-31-13-9-11-29(40-7)27(31)19-36-38)35(5,6)26-17-23(3)34(24(4)18-26)43-32-14-10-12-30(41-8)28(32)20-37-39/h9-18H,1-8H3. The first-order valence-electron chi connectivity index (χ1n) is 13.7. The zero-order valence-corrected chi connectivity index (χ0v) is 25.6. The minimum atomic E-state index is -0.365. The SMILES string of the molecule is COc1cccc(Oc2c(C)cc(C(C)(C)c3cc(C)c(Oc4cccc(OC)c4C#[N+][O-])c(C)c3)cc2C)c1C#[N+][O-]. The average molecular weight is 579 g/mol. The summed E-state index contributed by atoms with van der Waals surface area (Å²) in [4.78, 5) is 0. The Balaban J connectivity index is 1.69. The van der Waals surface area contributed by atoms with E-state index in [0.717, 1.165) is 33.4 Å². The van der Waals surface area contributed by atoms with E-state index in [-0.39, 0.29) is 5.41 Å². The number of hydrogen-bond acceptors (Lipinski definition) is 6. The van der Waals surface area contributed by atoms with Crippen molar-refractivity contribution in [1.82, 2.24) is 0 Å². The molecule has 8 nitrogen and oxygen atoms in total. The molecule has 4 aromatic rings. The van der Waals surface area contributed by atoms with Gasteiger partial charge in [0.1, 0.15) is 23.0 Å². The lowest BCUT2D eigenvalue weighted by atomic mass is 9.76. The number of ether oxygens (including phenoxy) is 4. The van der Waals surface area contributed by atoms with E-state index in [1.807, 2.05) is 27.7 Å². The van der Waals surface area contributed by atoms with E-state index in [4.69, 9.17) is 18.9 Å².